The van der Waals surface area contributed by atoms with Gasteiger partial charge in [-0.25, -0.2) is 0 Å². The average Bonchev–Trinajstić information content (AvgIpc) is 2.61. The van der Waals surface area contributed by atoms with E-state index in [1.807, 2.05) is 48.8 Å². The highest BCUT2D eigenvalue weighted by atomic mass is 14.9. The number of rotatable bonds is 4. The number of aliphatic imine (C=N–C) groups is 2. The van der Waals surface area contributed by atoms with Gasteiger partial charge < -0.3 is 0 Å². The van der Waals surface area contributed by atoms with Gasteiger partial charge in [-0.3, -0.25) is 9.98 Å². The minimum atomic E-state index is 0.314. The molecule has 22 heavy (non-hydrogen) atoms. The summed E-state index contributed by atoms with van der Waals surface area (Å²) in [5, 5.41) is 0. The van der Waals surface area contributed by atoms with Crippen LogP contribution in [-0.4, -0.2) is 24.5 Å². The van der Waals surface area contributed by atoms with Crippen molar-refractivity contribution >= 4 is 12.4 Å². The minimum Gasteiger partial charge on any atom is -0.287 e. The number of hydrogen-bond donors (Lipinski definition) is 0. The fourth-order valence-electron chi connectivity index (χ4n) is 2.88. The first-order valence-electron chi connectivity index (χ1n) is 8.08. The summed E-state index contributed by atoms with van der Waals surface area (Å²) in [7, 11) is 0. The Balaban J connectivity index is 1.69. The van der Waals surface area contributed by atoms with Crippen LogP contribution in [0.4, 0.5) is 0 Å². The van der Waals surface area contributed by atoms with Gasteiger partial charge in [0.15, 0.2) is 0 Å². The van der Waals surface area contributed by atoms with Gasteiger partial charge in [0.25, 0.3) is 0 Å². The van der Waals surface area contributed by atoms with Crippen molar-refractivity contribution in [1.82, 2.24) is 0 Å². The Labute approximate surface area is 132 Å². The molecule has 1 aliphatic carbocycles. The van der Waals surface area contributed by atoms with Crippen molar-refractivity contribution in [3.05, 3.63) is 71.8 Å². The molecule has 2 aromatic rings. The van der Waals surface area contributed by atoms with Crippen LogP contribution in [-0.2, 0) is 0 Å². The summed E-state index contributed by atoms with van der Waals surface area (Å²) in [5.74, 6) is 0. The summed E-state index contributed by atoms with van der Waals surface area (Å²) in [5.41, 5.74) is 2.33. The molecular formula is C20H22N2. The molecule has 1 fully saturated rings. The average molecular weight is 290 g/mol. The minimum absolute atomic E-state index is 0.314. The normalized spacial score (nSPS) is 22.4. The lowest BCUT2D eigenvalue weighted by Crippen LogP contribution is -2.27. The van der Waals surface area contributed by atoms with Gasteiger partial charge >= 0.3 is 0 Å². The molecule has 0 heterocycles. The van der Waals surface area contributed by atoms with Gasteiger partial charge in [0, 0.05) is 12.4 Å². The maximum atomic E-state index is 4.81. The van der Waals surface area contributed by atoms with Gasteiger partial charge in [-0.15, -0.1) is 0 Å². The topological polar surface area (TPSA) is 24.7 Å². The van der Waals surface area contributed by atoms with Gasteiger partial charge in [0.2, 0.25) is 0 Å². The maximum Gasteiger partial charge on any atom is 0.0723 e. The molecule has 0 aromatic heterocycles. The van der Waals surface area contributed by atoms with Gasteiger partial charge in [0.1, 0.15) is 0 Å². The zero-order chi connectivity index (χ0) is 15.0. The molecule has 1 aliphatic rings. The van der Waals surface area contributed by atoms with Crippen LogP contribution in [0.25, 0.3) is 0 Å². The lowest BCUT2D eigenvalue weighted by Gasteiger charge is -2.25. The largest absolute Gasteiger partial charge is 0.287 e. The Morgan fingerprint density at radius 2 is 1.05 bits per heavy atom. The van der Waals surface area contributed by atoms with Crippen molar-refractivity contribution in [2.75, 3.05) is 0 Å². The Morgan fingerprint density at radius 3 is 1.45 bits per heavy atom. The van der Waals surface area contributed by atoms with Crippen molar-refractivity contribution < 1.29 is 0 Å². The quantitative estimate of drug-likeness (QED) is 0.739. The van der Waals surface area contributed by atoms with Crippen LogP contribution in [0.5, 0.6) is 0 Å². The summed E-state index contributed by atoms with van der Waals surface area (Å²) in [6, 6.07) is 21.3. The van der Waals surface area contributed by atoms with Crippen LogP contribution >= 0.6 is 0 Å². The van der Waals surface area contributed by atoms with Gasteiger partial charge in [-0.2, -0.15) is 0 Å². The molecule has 0 spiro atoms. The van der Waals surface area contributed by atoms with E-state index < -0.39 is 0 Å². The van der Waals surface area contributed by atoms with E-state index in [9.17, 15) is 0 Å². The molecule has 0 amide bonds. The molecule has 2 nitrogen and oxygen atoms in total. The maximum absolute atomic E-state index is 4.81. The Kier molecular flexibility index (Phi) is 5.14. The molecule has 0 N–H and O–H groups in total. The molecule has 112 valence electrons. The van der Waals surface area contributed by atoms with E-state index >= 15 is 0 Å². The highest BCUT2D eigenvalue weighted by Crippen LogP contribution is 2.24. The summed E-state index contributed by atoms with van der Waals surface area (Å²) in [4.78, 5) is 9.62. The first kappa shape index (κ1) is 14.7. The number of nitrogens with zero attached hydrogens (tertiary/aromatic N) is 2. The molecule has 2 heteroatoms. The molecule has 2 aromatic carbocycles. The highest BCUT2D eigenvalue weighted by Gasteiger charge is 2.22. The molecule has 3 rings (SSSR count). The fourth-order valence-corrected chi connectivity index (χ4v) is 2.88. The Hall–Kier alpha value is -2.22. The molecule has 0 aliphatic heterocycles. The summed E-state index contributed by atoms with van der Waals surface area (Å²) < 4.78 is 0. The van der Waals surface area contributed by atoms with Gasteiger partial charge in [-0.1, -0.05) is 73.5 Å². The molecule has 1 saturated carbocycles. The van der Waals surface area contributed by atoms with Crippen LogP contribution < -0.4 is 0 Å². The predicted molar refractivity (Wildman–Crippen MR) is 94.1 cm³/mol. The summed E-state index contributed by atoms with van der Waals surface area (Å²) >= 11 is 0. The first-order valence-corrected chi connectivity index (χ1v) is 8.08. The van der Waals surface area contributed by atoms with Crippen LogP contribution in [0.1, 0.15) is 36.8 Å². The Morgan fingerprint density at radius 1 is 0.636 bits per heavy atom. The third-order valence-electron chi connectivity index (χ3n) is 4.12. The van der Waals surface area contributed by atoms with Crippen molar-refractivity contribution in [3.63, 3.8) is 0 Å². The van der Waals surface area contributed by atoms with Gasteiger partial charge in [0.05, 0.1) is 12.1 Å². The molecule has 0 radical (unpaired) electrons. The monoisotopic (exact) mass is 290 g/mol. The van der Waals surface area contributed by atoms with Crippen LogP contribution in [0, 0.1) is 0 Å². The van der Waals surface area contributed by atoms with Crippen molar-refractivity contribution in [3.8, 4) is 0 Å². The highest BCUT2D eigenvalue weighted by molar-refractivity contribution is 5.80. The van der Waals surface area contributed by atoms with Crippen molar-refractivity contribution in [2.45, 2.75) is 37.8 Å². The fraction of sp³-hybridized carbons (Fsp3) is 0.300. The number of hydrogen-bond acceptors (Lipinski definition) is 2. The zero-order valence-corrected chi connectivity index (χ0v) is 12.8. The van der Waals surface area contributed by atoms with Crippen LogP contribution in [0.2, 0.25) is 0 Å². The number of benzene rings is 2. The molecule has 0 bridgehead atoms. The van der Waals surface area contributed by atoms with Crippen LogP contribution in [0.15, 0.2) is 70.6 Å². The summed E-state index contributed by atoms with van der Waals surface area (Å²) in [6.45, 7) is 0. The standard InChI is InChI=1S/C20H22N2/c1-3-9-17(10-4-1)15-21-19-13-7-8-14-20(19)22-16-18-11-5-2-6-12-18/h1-6,9-12,15-16,19-20H,7-8,13-14H2/b21-15+,22-16+. The summed E-state index contributed by atoms with van der Waals surface area (Å²) in [6.07, 6.45) is 8.80. The molecule has 0 saturated heterocycles. The second-order valence-corrected chi connectivity index (χ2v) is 5.80. The lowest BCUT2D eigenvalue weighted by molar-refractivity contribution is 0.390. The smallest absolute Gasteiger partial charge is 0.0723 e. The van der Waals surface area contributed by atoms with E-state index in [-0.39, 0.29) is 0 Å². The van der Waals surface area contributed by atoms with Crippen molar-refractivity contribution in [1.29, 1.82) is 0 Å². The van der Waals surface area contributed by atoms with E-state index in [0.717, 1.165) is 12.8 Å². The van der Waals surface area contributed by atoms with E-state index in [4.69, 9.17) is 9.98 Å². The third-order valence-corrected chi connectivity index (χ3v) is 4.12. The second-order valence-electron chi connectivity index (χ2n) is 5.80. The Bertz CT molecular complexity index is 559. The van der Waals surface area contributed by atoms with Crippen LogP contribution in [0.3, 0.4) is 0 Å². The van der Waals surface area contributed by atoms with E-state index in [2.05, 4.69) is 24.3 Å². The predicted octanol–water partition coefficient (Wildman–Crippen LogP) is 4.54. The molecule has 2 unspecified atom stereocenters. The second kappa shape index (κ2) is 7.69. The SMILES string of the molecule is C(=N\C1CCCCC1/N=C/c1ccccc1)/c1ccccc1. The third kappa shape index (κ3) is 4.14. The first-order chi connectivity index (χ1) is 10.9. The lowest BCUT2D eigenvalue weighted by atomic mass is 9.91. The molecule has 2 atom stereocenters. The van der Waals surface area contributed by atoms with Gasteiger partial charge in [-0.05, 0) is 24.0 Å². The van der Waals surface area contributed by atoms with E-state index in [1.54, 1.807) is 0 Å². The van der Waals surface area contributed by atoms with E-state index in [0.29, 0.717) is 12.1 Å². The van der Waals surface area contributed by atoms with Crippen molar-refractivity contribution in [2.24, 2.45) is 9.98 Å². The zero-order valence-electron chi connectivity index (χ0n) is 12.8. The van der Waals surface area contributed by atoms with E-state index in [1.165, 1.54) is 24.0 Å². The molecular weight excluding hydrogens is 268 g/mol.